The first-order chi connectivity index (χ1) is 14.9. The highest BCUT2D eigenvalue weighted by Gasteiger charge is 2.23. The van der Waals surface area contributed by atoms with Crippen LogP contribution in [-0.2, 0) is 10.0 Å². The maximum absolute atomic E-state index is 12.6. The number of hydrogen-bond donors (Lipinski definition) is 3. The van der Waals surface area contributed by atoms with E-state index in [2.05, 4.69) is 15.4 Å². The van der Waals surface area contributed by atoms with Crippen molar-refractivity contribution in [3.63, 3.8) is 0 Å². The summed E-state index contributed by atoms with van der Waals surface area (Å²) < 4.78 is 27.3. The SMILES string of the molecule is O=C(Nc1cccc(C(=O)NC2CC2)c1)c1ccc(NS(=O)(=O)c2ccccc2)cc1. The van der Waals surface area contributed by atoms with Crippen molar-refractivity contribution < 1.29 is 18.0 Å². The summed E-state index contributed by atoms with van der Waals surface area (Å²) >= 11 is 0. The van der Waals surface area contributed by atoms with Crippen LogP contribution < -0.4 is 15.4 Å². The van der Waals surface area contributed by atoms with Gasteiger partial charge in [0.25, 0.3) is 21.8 Å². The molecule has 0 unspecified atom stereocenters. The number of benzene rings is 3. The lowest BCUT2D eigenvalue weighted by Gasteiger charge is -2.10. The summed E-state index contributed by atoms with van der Waals surface area (Å²) in [7, 11) is -3.70. The number of amides is 2. The second kappa shape index (κ2) is 8.61. The molecule has 0 atom stereocenters. The first-order valence-corrected chi connectivity index (χ1v) is 11.3. The molecule has 0 spiro atoms. The number of carbonyl (C=O) groups is 2. The number of nitrogens with one attached hydrogen (secondary N) is 3. The van der Waals surface area contributed by atoms with Gasteiger partial charge in [-0.25, -0.2) is 8.42 Å². The van der Waals surface area contributed by atoms with Crippen molar-refractivity contribution in [2.24, 2.45) is 0 Å². The lowest BCUT2D eigenvalue weighted by atomic mass is 10.1. The molecule has 1 aliphatic carbocycles. The summed E-state index contributed by atoms with van der Waals surface area (Å²) in [6.45, 7) is 0. The van der Waals surface area contributed by atoms with E-state index in [1.807, 2.05) is 0 Å². The zero-order valence-corrected chi connectivity index (χ0v) is 17.4. The van der Waals surface area contributed by atoms with Crippen LogP contribution in [0.4, 0.5) is 11.4 Å². The molecule has 31 heavy (non-hydrogen) atoms. The number of carbonyl (C=O) groups excluding carboxylic acids is 2. The van der Waals surface area contributed by atoms with Crippen LogP contribution in [0.3, 0.4) is 0 Å². The third-order valence-corrected chi connectivity index (χ3v) is 6.15. The molecule has 0 heterocycles. The Morgan fingerprint density at radius 2 is 1.45 bits per heavy atom. The highest BCUT2D eigenvalue weighted by atomic mass is 32.2. The molecular formula is C23H21N3O4S. The summed E-state index contributed by atoms with van der Waals surface area (Å²) in [5.74, 6) is -0.522. The van der Waals surface area contributed by atoms with Gasteiger partial charge in [0.1, 0.15) is 0 Å². The molecule has 0 aliphatic heterocycles. The predicted molar refractivity (Wildman–Crippen MR) is 119 cm³/mol. The average molecular weight is 436 g/mol. The maximum Gasteiger partial charge on any atom is 0.261 e. The quantitative estimate of drug-likeness (QED) is 0.527. The van der Waals surface area contributed by atoms with Gasteiger partial charge in [-0.2, -0.15) is 0 Å². The molecule has 0 bridgehead atoms. The molecule has 3 aromatic rings. The second-order valence-electron chi connectivity index (χ2n) is 7.28. The Hall–Kier alpha value is -3.65. The highest BCUT2D eigenvalue weighted by Crippen LogP contribution is 2.21. The van der Waals surface area contributed by atoms with Gasteiger partial charge in [0, 0.05) is 28.5 Å². The van der Waals surface area contributed by atoms with Crippen LogP contribution in [0.15, 0.2) is 83.8 Å². The van der Waals surface area contributed by atoms with Crippen molar-refractivity contribution in [1.82, 2.24) is 5.32 Å². The van der Waals surface area contributed by atoms with E-state index in [-0.39, 0.29) is 22.8 Å². The Labute approximate surface area is 180 Å². The van der Waals surface area contributed by atoms with Crippen molar-refractivity contribution in [2.75, 3.05) is 10.0 Å². The van der Waals surface area contributed by atoms with Gasteiger partial charge in [-0.1, -0.05) is 24.3 Å². The summed E-state index contributed by atoms with van der Waals surface area (Å²) in [4.78, 5) is 24.9. The Morgan fingerprint density at radius 1 is 0.742 bits per heavy atom. The van der Waals surface area contributed by atoms with Crippen molar-refractivity contribution >= 4 is 33.2 Å². The second-order valence-corrected chi connectivity index (χ2v) is 8.96. The van der Waals surface area contributed by atoms with Gasteiger partial charge in [-0.05, 0) is 67.4 Å². The van der Waals surface area contributed by atoms with E-state index in [1.54, 1.807) is 42.5 Å². The number of anilines is 2. The van der Waals surface area contributed by atoms with E-state index in [1.165, 1.54) is 36.4 Å². The Kier molecular flexibility index (Phi) is 5.73. The van der Waals surface area contributed by atoms with Gasteiger partial charge < -0.3 is 10.6 Å². The number of sulfonamides is 1. The van der Waals surface area contributed by atoms with Crippen molar-refractivity contribution in [3.05, 3.63) is 90.0 Å². The molecule has 7 nitrogen and oxygen atoms in total. The van der Waals surface area contributed by atoms with Crippen LogP contribution in [0.1, 0.15) is 33.6 Å². The normalized spacial score (nSPS) is 13.3. The lowest BCUT2D eigenvalue weighted by Crippen LogP contribution is -2.25. The predicted octanol–water partition coefficient (Wildman–Crippen LogP) is 3.63. The molecule has 3 N–H and O–H groups in total. The molecule has 0 aromatic heterocycles. The largest absolute Gasteiger partial charge is 0.349 e. The third kappa shape index (κ3) is 5.29. The molecule has 1 saturated carbocycles. The van der Waals surface area contributed by atoms with Gasteiger partial charge in [0.15, 0.2) is 0 Å². The summed E-state index contributed by atoms with van der Waals surface area (Å²) in [5.41, 5.74) is 1.69. The fourth-order valence-corrected chi connectivity index (χ4v) is 4.02. The number of hydrogen-bond acceptors (Lipinski definition) is 4. The van der Waals surface area contributed by atoms with Crippen LogP contribution in [0.25, 0.3) is 0 Å². The van der Waals surface area contributed by atoms with Crippen molar-refractivity contribution in [3.8, 4) is 0 Å². The maximum atomic E-state index is 12.6. The van der Waals surface area contributed by atoms with Gasteiger partial charge in [0.05, 0.1) is 4.90 Å². The lowest BCUT2D eigenvalue weighted by molar-refractivity contribution is 0.0949. The van der Waals surface area contributed by atoms with Crippen LogP contribution in [0.5, 0.6) is 0 Å². The third-order valence-electron chi connectivity index (χ3n) is 4.75. The molecule has 8 heteroatoms. The molecule has 1 aliphatic rings. The fourth-order valence-electron chi connectivity index (χ4n) is 2.94. The molecule has 158 valence electrons. The zero-order chi connectivity index (χ0) is 21.8. The first kappa shape index (κ1) is 20.6. The molecule has 1 fully saturated rings. The summed E-state index contributed by atoms with van der Waals surface area (Å²) in [5, 5.41) is 5.67. The van der Waals surface area contributed by atoms with Gasteiger partial charge in [-0.3, -0.25) is 14.3 Å². The average Bonchev–Trinajstić information content (AvgIpc) is 3.59. The minimum Gasteiger partial charge on any atom is -0.349 e. The smallest absolute Gasteiger partial charge is 0.261 e. The zero-order valence-electron chi connectivity index (χ0n) is 16.5. The number of rotatable bonds is 7. The first-order valence-electron chi connectivity index (χ1n) is 9.81. The van der Waals surface area contributed by atoms with E-state index in [9.17, 15) is 18.0 Å². The topological polar surface area (TPSA) is 104 Å². The molecule has 0 saturated heterocycles. The van der Waals surface area contributed by atoms with E-state index in [4.69, 9.17) is 0 Å². The standard InChI is InChI=1S/C23H21N3O4S/c27-22(25-20-6-4-5-17(15-20)23(28)24-18-13-14-18)16-9-11-19(12-10-16)26-31(29,30)21-7-2-1-3-8-21/h1-12,15,18,26H,13-14H2,(H,24,28)(H,25,27). The van der Waals surface area contributed by atoms with Crippen molar-refractivity contribution in [2.45, 2.75) is 23.8 Å². The van der Waals surface area contributed by atoms with E-state index < -0.39 is 10.0 Å². The molecular weight excluding hydrogens is 414 g/mol. The minimum absolute atomic E-state index is 0.155. The molecule has 0 radical (unpaired) electrons. The van der Waals surface area contributed by atoms with Crippen LogP contribution >= 0.6 is 0 Å². The van der Waals surface area contributed by atoms with Gasteiger partial charge in [0.2, 0.25) is 0 Å². The van der Waals surface area contributed by atoms with E-state index in [0.717, 1.165) is 12.8 Å². The monoisotopic (exact) mass is 435 g/mol. The van der Waals surface area contributed by atoms with Crippen LogP contribution in [-0.4, -0.2) is 26.3 Å². The molecule has 2 amide bonds. The van der Waals surface area contributed by atoms with Crippen LogP contribution in [0, 0.1) is 0 Å². The summed E-state index contributed by atoms with van der Waals surface area (Å²) in [6.07, 6.45) is 2.00. The van der Waals surface area contributed by atoms with E-state index in [0.29, 0.717) is 22.5 Å². The highest BCUT2D eigenvalue weighted by molar-refractivity contribution is 7.92. The van der Waals surface area contributed by atoms with Crippen LogP contribution in [0.2, 0.25) is 0 Å². The summed E-state index contributed by atoms with van der Waals surface area (Å²) in [6, 6.07) is 21.1. The Morgan fingerprint density at radius 3 is 2.13 bits per heavy atom. The van der Waals surface area contributed by atoms with E-state index >= 15 is 0 Å². The van der Waals surface area contributed by atoms with Gasteiger partial charge >= 0.3 is 0 Å². The Bertz CT molecular complexity index is 1210. The molecule has 4 rings (SSSR count). The minimum atomic E-state index is -3.70. The Balaban J connectivity index is 1.41. The van der Waals surface area contributed by atoms with Crippen molar-refractivity contribution in [1.29, 1.82) is 0 Å². The molecule has 3 aromatic carbocycles. The van der Waals surface area contributed by atoms with Gasteiger partial charge in [-0.15, -0.1) is 0 Å². The fraction of sp³-hybridized carbons (Fsp3) is 0.130.